The van der Waals surface area contributed by atoms with Crippen LogP contribution in [0, 0.1) is 0 Å². The molecule has 0 atom stereocenters. The zero-order valence-electron chi connectivity index (χ0n) is 14.8. The third-order valence-corrected chi connectivity index (χ3v) is 5.31. The minimum atomic E-state index is 0. The Balaban J connectivity index is 0.000000210. The minimum absolute atomic E-state index is 0. The van der Waals surface area contributed by atoms with E-state index in [-0.39, 0.29) is 5.48 Å². The molecular formula is C24H24OS. The number of hydrogen-bond donors (Lipinski definition) is 1. The molecule has 0 radical (unpaired) electrons. The molecule has 2 heteroatoms. The molecule has 1 aliphatic carbocycles. The van der Waals surface area contributed by atoms with E-state index in [1.165, 1.54) is 47.2 Å². The second-order valence-corrected chi connectivity index (χ2v) is 7.14. The lowest BCUT2D eigenvalue weighted by Gasteiger charge is -2.18. The van der Waals surface area contributed by atoms with E-state index < -0.39 is 0 Å². The summed E-state index contributed by atoms with van der Waals surface area (Å²) in [5.41, 5.74) is 3.17. The average Bonchev–Trinajstić information content (AvgIpc) is 2.68. The smallest absolute Gasteiger partial charge is 0.00399 e. The van der Waals surface area contributed by atoms with Gasteiger partial charge in [0.2, 0.25) is 0 Å². The molecule has 26 heavy (non-hydrogen) atoms. The van der Waals surface area contributed by atoms with Gasteiger partial charge in [0, 0.05) is 4.90 Å². The van der Waals surface area contributed by atoms with E-state index in [9.17, 15) is 0 Å². The largest absolute Gasteiger partial charge is 0.412 e. The predicted octanol–water partition coefficient (Wildman–Crippen LogP) is 6.02. The molecule has 0 aromatic heterocycles. The van der Waals surface area contributed by atoms with E-state index in [1.54, 1.807) is 11.1 Å². The summed E-state index contributed by atoms with van der Waals surface area (Å²) in [7, 11) is 0. The molecule has 1 nitrogen and oxygen atoms in total. The van der Waals surface area contributed by atoms with Gasteiger partial charge < -0.3 is 5.48 Å². The fraction of sp³-hybridized carbons (Fsp3) is 0.167. The van der Waals surface area contributed by atoms with Crippen LogP contribution in [0.4, 0.5) is 0 Å². The summed E-state index contributed by atoms with van der Waals surface area (Å²) in [6.07, 6.45) is 5.22. The fourth-order valence-electron chi connectivity index (χ4n) is 3.77. The number of thiol groups is 1. The summed E-state index contributed by atoms with van der Waals surface area (Å²) >= 11 is 4.08. The summed E-state index contributed by atoms with van der Waals surface area (Å²) in [4.78, 5) is 1.02. The third-order valence-electron chi connectivity index (χ3n) is 5.01. The van der Waals surface area contributed by atoms with Gasteiger partial charge in [-0.1, -0.05) is 66.7 Å². The highest BCUT2D eigenvalue weighted by Gasteiger charge is 2.13. The van der Waals surface area contributed by atoms with Gasteiger partial charge in [-0.15, -0.1) is 12.6 Å². The Hall–Kier alpha value is -2.29. The van der Waals surface area contributed by atoms with Gasteiger partial charge in [-0.05, 0) is 70.5 Å². The first-order valence-electron chi connectivity index (χ1n) is 8.99. The molecule has 0 fully saturated rings. The van der Waals surface area contributed by atoms with Gasteiger partial charge in [0.25, 0.3) is 0 Å². The molecule has 132 valence electrons. The number of benzene rings is 4. The maximum absolute atomic E-state index is 4.08. The van der Waals surface area contributed by atoms with Crippen molar-refractivity contribution in [2.75, 3.05) is 0 Å². The minimum Gasteiger partial charge on any atom is -0.412 e. The second-order valence-electron chi connectivity index (χ2n) is 6.63. The predicted molar refractivity (Wildman–Crippen MR) is 115 cm³/mol. The van der Waals surface area contributed by atoms with Crippen LogP contribution < -0.4 is 0 Å². The van der Waals surface area contributed by atoms with Crippen LogP contribution in [0.3, 0.4) is 0 Å². The molecule has 0 bridgehead atoms. The highest BCUT2D eigenvalue weighted by molar-refractivity contribution is 7.80. The van der Waals surface area contributed by atoms with E-state index in [0.29, 0.717) is 0 Å². The van der Waals surface area contributed by atoms with Crippen LogP contribution >= 0.6 is 12.6 Å². The maximum atomic E-state index is 4.08. The van der Waals surface area contributed by atoms with Crippen molar-refractivity contribution < 1.29 is 5.48 Å². The van der Waals surface area contributed by atoms with E-state index in [4.69, 9.17) is 0 Å². The molecule has 0 aliphatic heterocycles. The van der Waals surface area contributed by atoms with Crippen LogP contribution in [0.2, 0.25) is 0 Å². The molecule has 0 unspecified atom stereocenters. The number of fused-ring (bicyclic) bond motifs is 5. The van der Waals surface area contributed by atoms with Crippen LogP contribution in [0.1, 0.15) is 24.0 Å². The lowest BCUT2D eigenvalue weighted by Crippen LogP contribution is -2.02. The molecule has 2 N–H and O–H groups in total. The molecule has 0 saturated heterocycles. The molecule has 1 aliphatic rings. The number of rotatable bonds is 0. The second kappa shape index (κ2) is 8.39. The lowest BCUT2D eigenvalue weighted by atomic mass is 9.86. The Bertz CT molecular complexity index is 1010. The SMILES string of the molecule is O.Sc1ccccc1.c1ccc2c(c1)ccc1c3c(ccc12)CCCC3. The molecule has 0 saturated carbocycles. The Labute approximate surface area is 160 Å². The van der Waals surface area contributed by atoms with Crippen molar-refractivity contribution in [3.8, 4) is 0 Å². The Morgan fingerprint density at radius 1 is 0.577 bits per heavy atom. The summed E-state index contributed by atoms with van der Waals surface area (Å²) in [6, 6.07) is 27.8. The zero-order chi connectivity index (χ0) is 17.1. The van der Waals surface area contributed by atoms with Crippen molar-refractivity contribution in [3.63, 3.8) is 0 Å². The van der Waals surface area contributed by atoms with Gasteiger partial charge in [-0.3, -0.25) is 0 Å². The molecule has 0 heterocycles. The van der Waals surface area contributed by atoms with Crippen LogP contribution in [-0.2, 0) is 12.8 Å². The van der Waals surface area contributed by atoms with E-state index in [1.807, 2.05) is 30.3 Å². The first-order chi connectivity index (χ1) is 12.3. The first-order valence-corrected chi connectivity index (χ1v) is 9.44. The number of hydrogen-bond acceptors (Lipinski definition) is 1. The van der Waals surface area contributed by atoms with Gasteiger partial charge in [0.05, 0.1) is 0 Å². The Morgan fingerprint density at radius 2 is 1.27 bits per heavy atom. The topological polar surface area (TPSA) is 31.5 Å². The van der Waals surface area contributed by atoms with E-state index >= 15 is 0 Å². The number of aryl methyl sites for hydroxylation is 2. The Kier molecular flexibility index (Phi) is 5.97. The van der Waals surface area contributed by atoms with Crippen molar-refractivity contribution in [1.29, 1.82) is 0 Å². The average molecular weight is 361 g/mol. The summed E-state index contributed by atoms with van der Waals surface area (Å²) in [6.45, 7) is 0. The quantitative estimate of drug-likeness (QED) is 0.294. The standard InChI is InChI=1S/C18H16.C6H6S.H2O/c1-3-7-15-13(5-1)9-11-18-16-8-4-2-6-14(16)10-12-17(15)18;7-6-4-2-1-3-5-6;/h1,3,5,7,9-12H,2,4,6,8H2;1-5,7H;1H2. The highest BCUT2D eigenvalue weighted by Crippen LogP contribution is 2.33. The Morgan fingerprint density at radius 3 is 2.04 bits per heavy atom. The molecule has 4 aromatic rings. The lowest BCUT2D eigenvalue weighted by molar-refractivity contribution is 0.690. The van der Waals surface area contributed by atoms with Crippen molar-refractivity contribution in [1.82, 2.24) is 0 Å². The van der Waals surface area contributed by atoms with Gasteiger partial charge in [-0.2, -0.15) is 0 Å². The van der Waals surface area contributed by atoms with Crippen LogP contribution in [0.25, 0.3) is 21.5 Å². The van der Waals surface area contributed by atoms with E-state index in [0.717, 1.165) is 4.90 Å². The first kappa shape index (κ1) is 18.5. The molecule has 0 spiro atoms. The summed E-state index contributed by atoms with van der Waals surface area (Å²) in [5, 5.41) is 5.64. The van der Waals surface area contributed by atoms with Gasteiger partial charge in [0.15, 0.2) is 0 Å². The summed E-state index contributed by atoms with van der Waals surface area (Å²) < 4.78 is 0. The normalized spacial score (nSPS) is 12.7. The van der Waals surface area contributed by atoms with Crippen molar-refractivity contribution in [2.24, 2.45) is 0 Å². The highest BCUT2D eigenvalue weighted by atomic mass is 32.1. The van der Waals surface area contributed by atoms with Crippen molar-refractivity contribution in [3.05, 3.63) is 90.0 Å². The van der Waals surface area contributed by atoms with Gasteiger partial charge >= 0.3 is 0 Å². The zero-order valence-corrected chi connectivity index (χ0v) is 15.7. The molecule has 4 aromatic carbocycles. The van der Waals surface area contributed by atoms with Crippen molar-refractivity contribution in [2.45, 2.75) is 30.6 Å². The molecule has 5 rings (SSSR count). The van der Waals surface area contributed by atoms with Crippen molar-refractivity contribution >= 4 is 34.2 Å². The van der Waals surface area contributed by atoms with Gasteiger partial charge in [0.1, 0.15) is 0 Å². The van der Waals surface area contributed by atoms with Crippen LogP contribution in [0.15, 0.2) is 83.8 Å². The fourth-order valence-corrected chi connectivity index (χ4v) is 3.94. The third kappa shape index (κ3) is 3.77. The molecule has 0 amide bonds. The van der Waals surface area contributed by atoms with Gasteiger partial charge in [-0.25, -0.2) is 0 Å². The summed E-state index contributed by atoms with van der Waals surface area (Å²) in [5.74, 6) is 0. The van der Waals surface area contributed by atoms with Crippen LogP contribution in [-0.4, -0.2) is 5.48 Å². The molecular weight excluding hydrogens is 336 g/mol. The van der Waals surface area contributed by atoms with E-state index in [2.05, 4.69) is 61.2 Å². The van der Waals surface area contributed by atoms with Crippen LogP contribution in [0.5, 0.6) is 0 Å². The monoisotopic (exact) mass is 360 g/mol. The maximum Gasteiger partial charge on any atom is 0.00399 e.